The van der Waals surface area contributed by atoms with Crippen LogP contribution in [0.1, 0.15) is 42.3 Å². The monoisotopic (exact) mass is 306 g/mol. The van der Waals surface area contributed by atoms with Crippen LogP contribution in [0.3, 0.4) is 0 Å². The number of benzene rings is 1. The maximum absolute atomic E-state index is 6.21. The van der Waals surface area contributed by atoms with Crippen molar-refractivity contribution in [3.8, 4) is 0 Å². The second-order valence-corrected chi connectivity index (χ2v) is 6.49. The molecule has 1 aromatic carbocycles. The molecule has 0 saturated carbocycles. The Morgan fingerprint density at radius 2 is 1.85 bits per heavy atom. The van der Waals surface area contributed by atoms with Crippen molar-refractivity contribution in [1.29, 1.82) is 0 Å². The smallest absolute Gasteiger partial charge is 0.136 e. The molecule has 0 fully saturated rings. The summed E-state index contributed by atoms with van der Waals surface area (Å²) in [6, 6.07) is 8.43. The molecule has 0 aliphatic rings. The lowest BCUT2D eigenvalue weighted by Crippen LogP contribution is -2.02. The van der Waals surface area contributed by atoms with Gasteiger partial charge in [-0.25, -0.2) is 9.97 Å². The second kappa shape index (κ2) is 6.59. The minimum atomic E-state index is 0.283. The van der Waals surface area contributed by atoms with Gasteiger partial charge in [0.15, 0.2) is 0 Å². The molecule has 0 saturated heterocycles. The van der Waals surface area contributed by atoms with Crippen molar-refractivity contribution in [2.24, 2.45) is 0 Å². The predicted octanol–water partition coefficient (Wildman–Crippen LogP) is 5.16. The number of nitrogens with zero attached hydrogens (tertiary/aromatic N) is 2. The maximum Gasteiger partial charge on any atom is 0.136 e. The topological polar surface area (TPSA) is 25.8 Å². The Balaban J connectivity index is 2.23. The van der Waals surface area contributed by atoms with Crippen LogP contribution >= 0.6 is 23.4 Å². The van der Waals surface area contributed by atoms with Gasteiger partial charge in [0, 0.05) is 17.2 Å². The third-order valence-corrected chi connectivity index (χ3v) is 4.70. The van der Waals surface area contributed by atoms with Crippen molar-refractivity contribution in [3.05, 3.63) is 51.9 Å². The van der Waals surface area contributed by atoms with E-state index < -0.39 is 0 Å². The van der Waals surface area contributed by atoms with Gasteiger partial charge >= 0.3 is 0 Å². The minimum Gasteiger partial charge on any atom is -0.226 e. The number of thioether (sulfide) groups is 1. The molecule has 0 aliphatic carbocycles. The number of aromatic nitrogens is 2. The molecule has 2 nitrogen and oxygen atoms in total. The van der Waals surface area contributed by atoms with Gasteiger partial charge in [0.1, 0.15) is 16.0 Å². The normalized spacial score (nSPS) is 11.1. The van der Waals surface area contributed by atoms with Crippen molar-refractivity contribution in [1.82, 2.24) is 9.97 Å². The molecule has 20 heavy (non-hydrogen) atoms. The first kappa shape index (κ1) is 15.3. The zero-order valence-electron chi connectivity index (χ0n) is 12.3. The van der Waals surface area contributed by atoms with Crippen molar-refractivity contribution in [2.75, 3.05) is 0 Å². The predicted molar refractivity (Wildman–Crippen MR) is 86.6 cm³/mol. The summed E-state index contributed by atoms with van der Waals surface area (Å²) in [7, 11) is 0. The van der Waals surface area contributed by atoms with Crippen LogP contribution in [0, 0.1) is 13.8 Å². The molecule has 0 spiro atoms. The van der Waals surface area contributed by atoms with Crippen LogP contribution in [-0.4, -0.2) is 9.97 Å². The molecule has 0 amide bonds. The third kappa shape index (κ3) is 3.53. The molecule has 1 aromatic heterocycles. The number of hydrogen-bond acceptors (Lipinski definition) is 3. The van der Waals surface area contributed by atoms with E-state index in [4.69, 9.17) is 11.6 Å². The Bertz CT molecular complexity index is 611. The molecule has 0 atom stereocenters. The summed E-state index contributed by atoms with van der Waals surface area (Å²) in [4.78, 5) is 8.99. The number of aryl methyl sites for hydroxylation is 1. The van der Waals surface area contributed by atoms with E-state index in [2.05, 4.69) is 55.0 Å². The summed E-state index contributed by atoms with van der Waals surface area (Å²) >= 11 is 7.94. The van der Waals surface area contributed by atoms with E-state index in [-0.39, 0.29) is 5.92 Å². The van der Waals surface area contributed by atoms with Crippen LogP contribution in [0.5, 0.6) is 0 Å². The van der Waals surface area contributed by atoms with E-state index in [1.807, 2.05) is 6.92 Å². The fourth-order valence-corrected chi connectivity index (χ4v) is 3.12. The summed E-state index contributed by atoms with van der Waals surface area (Å²) in [6.45, 7) is 8.27. The summed E-state index contributed by atoms with van der Waals surface area (Å²) in [5.74, 6) is 2.00. The standard InChI is InChI=1S/C16H19ClN2S/c1-10(2)15-18-14(17)12(4)16(19-15)20-9-13-8-6-5-7-11(13)3/h5-8,10H,9H2,1-4H3. The van der Waals surface area contributed by atoms with Crippen LogP contribution in [-0.2, 0) is 5.75 Å². The molecular weight excluding hydrogens is 288 g/mol. The van der Waals surface area contributed by atoms with E-state index in [0.717, 1.165) is 22.2 Å². The first-order chi connectivity index (χ1) is 9.49. The van der Waals surface area contributed by atoms with Gasteiger partial charge in [-0.15, -0.1) is 11.8 Å². The van der Waals surface area contributed by atoms with Crippen molar-refractivity contribution >= 4 is 23.4 Å². The van der Waals surface area contributed by atoms with Gasteiger partial charge in [0.25, 0.3) is 0 Å². The largest absolute Gasteiger partial charge is 0.226 e. The van der Waals surface area contributed by atoms with Gasteiger partial charge in [-0.3, -0.25) is 0 Å². The molecule has 0 bridgehead atoms. The molecule has 0 unspecified atom stereocenters. The highest BCUT2D eigenvalue weighted by molar-refractivity contribution is 7.98. The molecule has 0 aliphatic heterocycles. The lowest BCUT2D eigenvalue weighted by molar-refractivity contribution is 0.747. The van der Waals surface area contributed by atoms with E-state index in [0.29, 0.717) is 5.15 Å². The highest BCUT2D eigenvalue weighted by Gasteiger charge is 2.12. The van der Waals surface area contributed by atoms with Gasteiger partial charge in [-0.05, 0) is 25.0 Å². The van der Waals surface area contributed by atoms with Crippen LogP contribution < -0.4 is 0 Å². The summed E-state index contributed by atoms with van der Waals surface area (Å²) in [5.41, 5.74) is 3.61. The first-order valence-electron chi connectivity index (χ1n) is 6.70. The zero-order chi connectivity index (χ0) is 14.7. The maximum atomic E-state index is 6.21. The molecule has 2 aromatic rings. The summed E-state index contributed by atoms with van der Waals surface area (Å²) in [6.07, 6.45) is 0. The van der Waals surface area contributed by atoms with Crippen LogP contribution in [0.4, 0.5) is 0 Å². The Labute approximate surface area is 130 Å². The highest BCUT2D eigenvalue weighted by Crippen LogP contribution is 2.29. The van der Waals surface area contributed by atoms with Crippen molar-refractivity contribution in [3.63, 3.8) is 0 Å². The Kier molecular flexibility index (Phi) is 5.06. The van der Waals surface area contributed by atoms with Crippen LogP contribution in [0.15, 0.2) is 29.3 Å². The van der Waals surface area contributed by atoms with E-state index in [9.17, 15) is 0 Å². The highest BCUT2D eigenvalue weighted by atomic mass is 35.5. The quantitative estimate of drug-likeness (QED) is 0.576. The molecular formula is C16H19ClN2S. The fraction of sp³-hybridized carbons (Fsp3) is 0.375. The average molecular weight is 307 g/mol. The van der Waals surface area contributed by atoms with E-state index in [1.54, 1.807) is 11.8 Å². The van der Waals surface area contributed by atoms with Crippen LogP contribution in [0.25, 0.3) is 0 Å². The number of halogens is 1. The van der Waals surface area contributed by atoms with Gasteiger partial charge in [0.05, 0.1) is 0 Å². The van der Waals surface area contributed by atoms with Crippen molar-refractivity contribution in [2.45, 2.75) is 44.4 Å². The zero-order valence-corrected chi connectivity index (χ0v) is 13.8. The minimum absolute atomic E-state index is 0.283. The second-order valence-electron chi connectivity index (χ2n) is 5.17. The molecule has 106 valence electrons. The molecule has 4 heteroatoms. The third-order valence-electron chi connectivity index (χ3n) is 3.20. The molecule has 2 rings (SSSR count). The SMILES string of the molecule is Cc1ccccc1CSc1nc(C(C)C)nc(Cl)c1C. The van der Waals surface area contributed by atoms with Gasteiger partial charge in [0.2, 0.25) is 0 Å². The number of hydrogen-bond donors (Lipinski definition) is 0. The molecule has 0 radical (unpaired) electrons. The van der Waals surface area contributed by atoms with Gasteiger partial charge in [-0.1, -0.05) is 49.7 Å². The molecule has 0 N–H and O–H groups in total. The Hall–Kier alpha value is -1.06. The lowest BCUT2D eigenvalue weighted by Gasteiger charge is -2.11. The molecule has 1 heterocycles. The Morgan fingerprint density at radius 3 is 2.50 bits per heavy atom. The van der Waals surface area contributed by atoms with Gasteiger partial charge in [-0.2, -0.15) is 0 Å². The summed E-state index contributed by atoms with van der Waals surface area (Å²) in [5, 5.41) is 1.55. The fourth-order valence-electron chi connectivity index (χ4n) is 1.80. The summed E-state index contributed by atoms with van der Waals surface area (Å²) < 4.78 is 0. The van der Waals surface area contributed by atoms with Crippen LogP contribution in [0.2, 0.25) is 5.15 Å². The lowest BCUT2D eigenvalue weighted by atomic mass is 10.1. The van der Waals surface area contributed by atoms with E-state index in [1.165, 1.54) is 11.1 Å². The van der Waals surface area contributed by atoms with Crippen molar-refractivity contribution < 1.29 is 0 Å². The first-order valence-corrected chi connectivity index (χ1v) is 8.06. The van der Waals surface area contributed by atoms with Gasteiger partial charge < -0.3 is 0 Å². The Morgan fingerprint density at radius 1 is 1.15 bits per heavy atom. The number of rotatable bonds is 4. The van der Waals surface area contributed by atoms with E-state index >= 15 is 0 Å². The average Bonchev–Trinajstić information content (AvgIpc) is 2.41.